The van der Waals surface area contributed by atoms with Crippen molar-refractivity contribution in [3.05, 3.63) is 82.9 Å². The lowest BCUT2D eigenvalue weighted by atomic mass is 9.82. The van der Waals surface area contributed by atoms with E-state index in [0.29, 0.717) is 33.4 Å². The summed E-state index contributed by atoms with van der Waals surface area (Å²) >= 11 is 0. The number of carbonyl (C=O) groups is 4. The molecule has 2 amide bonds. The van der Waals surface area contributed by atoms with E-state index in [-0.39, 0.29) is 48.9 Å². The van der Waals surface area contributed by atoms with Crippen LogP contribution in [0.3, 0.4) is 0 Å². The Balaban J connectivity index is 1.38. The average Bonchev–Trinajstić information content (AvgIpc) is 3.00. The molecule has 4 rings (SSSR count). The maximum absolute atomic E-state index is 12.7. The van der Waals surface area contributed by atoms with Crippen LogP contribution in [0.15, 0.2) is 60.7 Å². The summed E-state index contributed by atoms with van der Waals surface area (Å²) in [5.41, 5.74) is 3.87. The molecule has 2 aromatic rings. The van der Waals surface area contributed by atoms with E-state index >= 15 is 0 Å². The minimum Gasteiger partial charge on any atom is -0.449 e. The van der Waals surface area contributed by atoms with Crippen LogP contribution in [0.25, 0.3) is 11.1 Å². The molecule has 8 heteroatoms. The quantitative estimate of drug-likeness (QED) is 0.275. The summed E-state index contributed by atoms with van der Waals surface area (Å²) in [5.74, 6) is 4.15. The molecule has 0 spiro atoms. The molecule has 0 radical (unpaired) electrons. The SMILES string of the molecule is CC[C@H](C)[C@@H]1NC(=O)c2ccccc2C1=CC(=O)OCC#CCOC(=O)C=C1c2ccccc2C(=O)N[C@H]1[C@@H](C)CC. The monoisotopic (exact) mass is 568 g/mol. The number of carbonyl (C=O) groups excluding carboxylic acids is 4. The molecule has 0 aliphatic carbocycles. The van der Waals surface area contributed by atoms with Crippen LogP contribution >= 0.6 is 0 Å². The standard InChI is InChI=1S/C34H36N2O6/c1-5-21(3)31-27(23-13-7-9-15-25(23)33(39)35-31)19-29(37)41-17-11-12-18-42-30(38)20-28-24-14-8-10-16-26(24)34(40)36-32(28)22(4)6-2/h7-10,13-16,19-22,31-32H,5-6,17-18H2,1-4H3,(H,35,39)(H,36,40)/t21-,22-,31-,32-/m0/s1. The number of esters is 2. The van der Waals surface area contributed by atoms with Gasteiger partial charge in [0.1, 0.15) is 0 Å². The zero-order valence-electron chi connectivity index (χ0n) is 24.4. The molecule has 0 fully saturated rings. The highest BCUT2D eigenvalue weighted by Crippen LogP contribution is 2.33. The summed E-state index contributed by atoms with van der Waals surface area (Å²) < 4.78 is 10.6. The van der Waals surface area contributed by atoms with Gasteiger partial charge in [-0.15, -0.1) is 0 Å². The molecule has 42 heavy (non-hydrogen) atoms. The van der Waals surface area contributed by atoms with Crippen molar-refractivity contribution in [1.82, 2.24) is 10.6 Å². The number of ether oxygens (including phenoxy) is 2. The third-order valence-electron chi connectivity index (χ3n) is 7.88. The van der Waals surface area contributed by atoms with E-state index in [0.717, 1.165) is 12.8 Å². The van der Waals surface area contributed by atoms with Crippen LogP contribution in [0, 0.1) is 23.7 Å². The molecule has 0 saturated heterocycles. The molecule has 2 aromatic carbocycles. The lowest BCUT2D eigenvalue weighted by molar-refractivity contribution is -0.137. The summed E-state index contributed by atoms with van der Waals surface area (Å²) in [6.45, 7) is 7.74. The van der Waals surface area contributed by atoms with E-state index < -0.39 is 11.9 Å². The minimum atomic E-state index is -0.575. The predicted molar refractivity (Wildman–Crippen MR) is 160 cm³/mol. The zero-order chi connectivity index (χ0) is 30.2. The van der Waals surface area contributed by atoms with E-state index in [1.54, 1.807) is 24.3 Å². The maximum atomic E-state index is 12.7. The third-order valence-corrected chi connectivity index (χ3v) is 7.88. The lowest BCUT2D eigenvalue weighted by Crippen LogP contribution is -2.44. The summed E-state index contributed by atoms with van der Waals surface area (Å²) in [5, 5.41) is 6.01. The van der Waals surface area contributed by atoms with E-state index in [9.17, 15) is 19.2 Å². The fourth-order valence-corrected chi connectivity index (χ4v) is 5.15. The predicted octanol–water partition coefficient (Wildman–Crippen LogP) is 4.56. The molecule has 2 N–H and O–H groups in total. The molecular weight excluding hydrogens is 532 g/mol. The van der Waals surface area contributed by atoms with Crippen molar-refractivity contribution in [3.8, 4) is 11.8 Å². The minimum absolute atomic E-state index is 0.115. The molecule has 2 aliphatic heterocycles. The first-order chi connectivity index (χ1) is 20.2. The van der Waals surface area contributed by atoms with Crippen molar-refractivity contribution >= 4 is 34.9 Å². The molecule has 4 atom stereocenters. The Labute approximate surface area is 246 Å². The van der Waals surface area contributed by atoms with E-state index in [4.69, 9.17) is 9.47 Å². The van der Waals surface area contributed by atoms with Gasteiger partial charge in [0.15, 0.2) is 13.2 Å². The number of hydrogen-bond donors (Lipinski definition) is 2. The van der Waals surface area contributed by atoms with Crippen molar-refractivity contribution in [2.75, 3.05) is 13.2 Å². The second-order valence-corrected chi connectivity index (χ2v) is 10.5. The Hall–Kier alpha value is -4.64. The number of benzene rings is 2. The second kappa shape index (κ2) is 13.8. The Bertz CT molecular complexity index is 1390. The summed E-state index contributed by atoms with van der Waals surface area (Å²) in [6, 6.07) is 13.7. The van der Waals surface area contributed by atoms with Gasteiger partial charge in [-0.3, -0.25) is 9.59 Å². The van der Waals surface area contributed by atoms with Crippen molar-refractivity contribution in [1.29, 1.82) is 0 Å². The van der Waals surface area contributed by atoms with Crippen molar-refractivity contribution in [3.63, 3.8) is 0 Å². The van der Waals surface area contributed by atoms with Gasteiger partial charge in [-0.05, 0) is 46.2 Å². The van der Waals surface area contributed by atoms with Gasteiger partial charge in [-0.2, -0.15) is 0 Å². The van der Waals surface area contributed by atoms with Crippen molar-refractivity contribution in [2.45, 2.75) is 52.6 Å². The highest BCUT2D eigenvalue weighted by molar-refractivity contribution is 6.07. The van der Waals surface area contributed by atoms with Gasteiger partial charge >= 0.3 is 11.9 Å². The van der Waals surface area contributed by atoms with E-state index in [1.807, 2.05) is 52.0 Å². The van der Waals surface area contributed by atoms with Gasteiger partial charge in [0, 0.05) is 23.3 Å². The first-order valence-electron chi connectivity index (χ1n) is 14.3. The largest absolute Gasteiger partial charge is 0.449 e. The topological polar surface area (TPSA) is 111 Å². The van der Waals surface area contributed by atoms with Crippen molar-refractivity contribution in [2.24, 2.45) is 11.8 Å². The lowest BCUT2D eigenvalue weighted by Gasteiger charge is -2.32. The fraction of sp³-hybridized carbons (Fsp3) is 0.353. The molecule has 0 bridgehead atoms. The zero-order valence-corrected chi connectivity index (χ0v) is 24.4. The van der Waals surface area contributed by atoms with Gasteiger partial charge in [0.2, 0.25) is 0 Å². The molecule has 0 saturated carbocycles. The molecule has 218 valence electrons. The van der Waals surface area contributed by atoms with Gasteiger partial charge in [-0.1, -0.05) is 88.8 Å². The van der Waals surface area contributed by atoms with Crippen LogP contribution < -0.4 is 10.6 Å². The first-order valence-corrected chi connectivity index (χ1v) is 14.3. The normalized spacial score (nSPS) is 20.7. The number of hydrogen-bond acceptors (Lipinski definition) is 6. The molecule has 0 aromatic heterocycles. The van der Waals surface area contributed by atoms with Gasteiger partial charge in [-0.25, -0.2) is 9.59 Å². The molecule has 2 heterocycles. The highest BCUT2D eigenvalue weighted by atomic mass is 16.5. The molecular formula is C34H36N2O6. The van der Waals surface area contributed by atoms with Crippen molar-refractivity contribution < 1.29 is 28.7 Å². The number of fused-ring (bicyclic) bond motifs is 2. The number of amides is 2. The van der Waals surface area contributed by atoms with Crippen LogP contribution in [-0.4, -0.2) is 49.1 Å². The average molecular weight is 569 g/mol. The number of nitrogens with one attached hydrogen (secondary N) is 2. The summed E-state index contributed by atoms with van der Waals surface area (Å²) in [7, 11) is 0. The Morgan fingerprint density at radius 2 is 1.07 bits per heavy atom. The summed E-state index contributed by atoms with van der Waals surface area (Å²) in [4.78, 5) is 50.5. The molecule has 0 unspecified atom stereocenters. The maximum Gasteiger partial charge on any atom is 0.332 e. The Morgan fingerprint density at radius 3 is 1.43 bits per heavy atom. The van der Waals surface area contributed by atoms with Gasteiger partial charge in [0.05, 0.1) is 12.1 Å². The third kappa shape index (κ3) is 6.80. The van der Waals surface area contributed by atoms with E-state index in [1.165, 1.54) is 12.2 Å². The van der Waals surface area contributed by atoms with Crippen LogP contribution in [-0.2, 0) is 19.1 Å². The highest BCUT2D eigenvalue weighted by Gasteiger charge is 2.33. The first kappa shape index (κ1) is 30.3. The smallest absolute Gasteiger partial charge is 0.332 e. The Kier molecular flexibility index (Phi) is 9.98. The Morgan fingerprint density at radius 1 is 0.714 bits per heavy atom. The van der Waals surface area contributed by atoms with Crippen LogP contribution in [0.2, 0.25) is 0 Å². The molecule has 2 aliphatic rings. The fourth-order valence-electron chi connectivity index (χ4n) is 5.15. The number of rotatable bonds is 8. The van der Waals surface area contributed by atoms with Crippen LogP contribution in [0.4, 0.5) is 0 Å². The van der Waals surface area contributed by atoms with Crippen LogP contribution in [0.5, 0.6) is 0 Å². The van der Waals surface area contributed by atoms with E-state index in [2.05, 4.69) is 22.5 Å². The summed E-state index contributed by atoms with van der Waals surface area (Å²) in [6.07, 6.45) is 4.47. The van der Waals surface area contributed by atoms with Crippen LogP contribution in [0.1, 0.15) is 72.4 Å². The van der Waals surface area contributed by atoms with Gasteiger partial charge in [0.25, 0.3) is 11.8 Å². The van der Waals surface area contributed by atoms with Gasteiger partial charge < -0.3 is 20.1 Å². The molecule has 8 nitrogen and oxygen atoms in total. The second-order valence-electron chi connectivity index (χ2n) is 10.5.